The lowest BCUT2D eigenvalue weighted by Gasteiger charge is -2.35. The summed E-state index contributed by atoms with van der Waals surface area (Å²) in [5, 5.41) is 1.02. The fraction of sp³-hybridized carbons (Fsp3) is 0.318. The van der Waals surface area contributed by atoms with E-state index in [0.717, 1.165) is 51.8 Å². The van der Waals surface area contributed by atoms with Crippen molar-refractivity contribution in [2.45, 2.75) is 46.1 Å². The van der Waals surface area contributed by atoms with Crippen molar-refractivity contribution in [3.05, 3.63) is 64.7 Å². The highest BCUT2D eigenvalue weighted by Gasteiger charge is 2.29. The molecule has 0 N–H and O–H groups in total. The lowest BCUT2D eigenvalue weighted by Crippen LogP contribution is -2.43. The first kappa shape index (κ1) is 16.8. The van der Waals surface area contributed by atoms with E-state index in [0.29, 0.717) is 0 Å². The number of nitrogens with zero attached hydrogens (tertiary/aromatic N) is 1. The fourth-order valence-corrected chi connectivity index (χ4v) is 4.11. The number of fused-ring (bicyclic) bond motifs is 2. The SMILES string of the molecule is Cc1cc(C)c2c(CC(=O)N3c4ccc(F)cc4CC[C@H]3C)coc2c1. The van der Waals surface area contributed by atoms with Crippen LogP contribution in [0.25, 0.3) is 11.0 Å². The Hall–Kier alpha value is -2.62. The molecule has 2 aromatic carbocycles. The van der Waals surface area contributed by atoms with Crippen molar-refractivity contribution in [2.24, 2.45) is 0 Å². The number of amides is 1. The van der Waals surface area contributed by atoms with Crippen LogP contribution >= 0.6 is 0 Å². The predicted octanol–water partition coefficient (Wildman–Crippen LogP) is 5.10. The number of carbonyl (C=O) groups is 1. The second-order valence-corrected chi connectivity index (χ2v) is 7.32. The summed E-state index contributed by atoms with van der Waals surface area (Å²) in [6.07, 6.45) is 3.60. The number of aryl methyl sites for hydroxylation is 3. The molecule has 1 aromatic heterocycles. The number of furan rings is 1. The Morgan fingerprint density at radius 1 is 1.27 bits per heavy atom. The maximum absolute atomic E-state index is 13.6. The molecule has 0 unspecified atom stereocenters. The highest BCUT2D eigenvalue weighted by atomic mass is 19.1. The molecule has 4 rings (SSSR count). The van der Waals surface area contributed by atoms with Crippen LogP contribution in [0, 0.1) is 19.7 Å². The zero-order valence-electron chi connectivity index (χ0n) is 15.3. The lowest BCUT2D eigenvalue weighted by molar-refractivity contribution is -0.118. The van der Waals surface area contributed by atoms with Crippen molar-refractivity contribution in [1.29, 1.82) is 0 Å². The van der Waals surface area contributed by atoms with Gasteiger partial charge in [-0.1, -0.05) is 6.07 Å². The lowest BCUT2D eigenvalue weighted by atomic mass is 9.95. The largest absolute Gasteiger partial charge is 0.464 e. The number of anilines is 1. The first-order valence-electron chi connectivity index (χ1n) is 9.02. The van der Waals surface area contributed by atoms with Crippen LogP contribution in [0.15, 0.2) is 41.0 Å². The molecule has 2 heterocycles. The van der Waals surface area contributed by atoms with Gasteiger partial charge in [0, 0.05) is 22.7 Å². The smallest absolute Gasteiger partial charge is 0.231 e. The second-order valence-electron chi connectivity index (χ2n) is 7.32. The Morgan fingerprint density at radius 3 is 2.88 bits per heavy atom. The molecule has 1 amide bonds. The number of hydrogen-bond donors (Lipinski definition) is 0. The minimum Gasteiger partial charge on any atom is -0.464 e. The van der Waals surface area contributed by atoms with Crippen molar-refractivity contribution in [1.82, 2.24) is 0 Å². The summed E-state index contributed by atoms with van der Waals surface area (Å²) < 4.78 is 19.3. The van der Waals surface area contributed by atoms with E-state index < -0.39 is 0 Å². The van der Waals surface area contributed by atoms with Gasteiger partial charge in [0.05, 0.1) is 12.7 Å². The fourth-order valence-electron chi connectivity index (χ4n) is 4.11. The third-order valence-corrected chi connectivity index (χ3v) is 5.28. The molecule has 0 radical (unpaired) electrons. The summed E-state index contributed by atoms with van der Waals surface area (Å²) in [5.74, 6) is -0.231. The average Bonchev–Trinajstić information content (AvgIpc) is 2.97. The van der Waals surface area contributed by atoms with Crippen molar-refractivity contribution >= 4 is 22.6 Å². The molecule has 1 atom stereocenters. The van der Waals surface area contributed by atoms with Crippen molar-refractivity contribution < 1.29 is 13.6 Å². The Labute approximate surface area is 152 Å². The van der Waals surface area contributed by atoms with Crippen LogP contribution in [0.1, 0.15) is 35.6 Å². The van der Waals surface area contributed by atoms with Gasteiger partial charge in [-0.3, -0.25) is 4.79 Å². The van der Waals surface area contributed by atoms with Crippen LogP contribution in [0.2, 0.25) is 0 Å². The van der Waals surface area contributed by atoms with E-state index in [-0.39, 0.29) is 24.2 Å². The maximum atomic E-state index is 13.6. The summed E-state index contributed by atoms with van der Waals surface area (Å²) in [6.45, 7) is 6.12. The molecular weight excluding hydrogens is 329 g/mol. The zero-order chi connectivity index (χ0) is 18.4. The van der Waals surface area contributed by atoms with E-state index in [1.807, 2.05) is 31.7 Å². The summed E-state index contributed by atoms with van der Waals surface area (Å²) in [4.78, 5) is 15.0. The van der Waals surface area contributed by atoms with E-state index >= 15 is 0 Å². The number of benzene rings is 2. The van der Waals surface area contributed by atoms with Gasteiger partial charge in [0.25, 0.3) is 0 Å². The van der Waals surface area contributed by atoms with Crippen LogP contribution in [0.4, 0.5) is 10.1 Å². The van der Waals surface area contributed by atoms with Crippen molar-refractivity contribution in [2.75, 3.05) is 4.90 Å². The average molecular weight is 351 g/mol. The number of rotatable bonds is 2. The van der Waals surface area contributed by atoms with Gasteiger partial charge in [0.1, 0.15) is 11.4 Å². The standard InChI is InChI=1S/C22H22FNO2/c1-13-8-14(2)22-17(12-26-20(22)9-13)11-21(25)24-15(3)4-5-16-10-18(23)6-7-19(16)24/h6-10,12,15H,4-5,11H2,1-3H3/t15-/m1/s1. The Bertz CT molecular complexity index is 1000. The predicted molar refractivity (Wildman–Crippen MR) is 101 cm³/mol. The molecule has 3 aromatic rings. The highest BCUT2D eigenvalue weighted by Crippen LogP contribution is 2.33. The first-order valence-corrected chi connectivity index (χ1v) is 9.02. The van der Waals surface area contributed by atoms with Crippen molar-refractivity contribution in [3.8, 4) is 0 Å². The van der Waals surface area contributed by atoms with E-state index in [9.17, 15) is 9.18 Å². The third kappa shape index (κ3) is 2.79. The molecule has 0 saturated carbocycles. The van der Waals surface area contributed by atoms with Gasteiger partial charge in [-0.05, 0) is 74.6 Å². The van der Waals surface area contributed by atoms with Gasteiger partial charge >= 0.3 is 0 Å². The second kappa shape index (κ2) is 6.27. The van der Waals surface area contributed by atoms with E-state index in [2.05, 4.69) is 6.07 Å². The van der Waals surface area contributed by atoms with Gasteiger partial charge in [-0.25, -0.2) is 4.39 Å². The topological polar surface area (TPSA) is 33.5 Å². The van der Waals surface area contributed by atoms with Gasteiger partial charge in [0.15, 0.2) is 0 Å². The normalized spacial score (nSPS) is 16.8. The van der Waals surface area contributed by atoms with Crippen LogP contribution in [0.5, 0.6) is 0 Å². The van der Waals surface area contributed by atoms with Crippen LogP contribution in [-0.2, 0) is 17.6 Å². The number of hydrogen-bond acceptors (Lipinski definition) is 2. The number of halogens is 1. The Balaban J connectivity index is 1.69. The third-order valence-electron chi connectivity index (χ3n) is 5.28. The monoisotopic (exact) mass is 351 g/mol. The van der Waals surface area contributed by atoms with E-state index in [1.54, 1.807) is 18.4 Å². The minimum absolute atomic E-state index is 0.0210. The molecule has 0 bridgehead atoms. The first-order chi connectivity index (χ1) is 12.4. The molecule has 0 aliphatic carbocycles. The molecule has 134 valence electrons. The molecule has 0 saturated heterocycles. The zero-order valence-corrected chi connectivity index (χ0v) is 15.3. The Kier molecular flexibility index (Phi) is 4.06. The van der Waals surface area contributed by atoms with Gasteiger partial charge in [-0.15, -0.1) is 0 Å². The van der Waals surface area contributed by atoms with Gasteiger partial charge in [-0.2, -0.15) is 0 Å². The quantitative estimate of drug-likeness (QED) is 0.644. The van der Waals surface area contributed by atoms with E-state index in [4.69, 9.17) is 4.42 Å². The van der Waals surface area contributed by atoms with Crippen LogP contribution in [-0.4, -0.2) is 11.9 Å². The maximum Gasteiger partial charge on any atom is 0.231 e. The molecule has 4 heteroatoms. The summed E-state index contributed by atoms with van der Waals surface area (Å²) >= 11 is 0. The molecule has 0 spiro atoms. The summed E-state index contributed by atoms with van der Waals surface area (Å²) in [7, 11) is 0. The van der Waals surface area contributed by atoms with Gasteiger partial charge < -0.3 is 9.32 Å². The van der Waals surface area contributed by atoms with Gasteiger partial charge in [0.2, 0.25) is 5.91 Å². The molecular formula is C22H22FNO2. The summed E-state index contributed by atoms with van der Waals surface area (Å²) in [5.41, 5.74) is 5.72. The van der Waals surface area contributed by atoms with Crippen LogP contribution in [0.3, 0.4) is 0 Å². The molecule has 26 heavy (non-hydrogen) atoms. The van der Waals surface area contributed by atoms with E-state index in [1.165, 1.54) is 6.07 Å². The molecule has 1 aliphatic rings. The number of carbonyl (C=O) groups excluding carboxylic acids is 1. The molecule has 0 fully saturated rings. The Morgan fingerprint density at radius 2 is 2.08 bits per heavy atom. The minimum atomic E-state index is -0.252. The van der Waals surface area contributed by atoms with Crippen LogP contribution < -0.4 is 4.90 Å². The molecule has 3 nitrogen and oxygen atoms in total. The summed E-state index contributed by atoms with van der Waals surface area (Å²) in [6, 6.07) is 8.90. The van der Waals surface area contributed by atoms with Crippen molar-refractivity contribution in [3.63, 3.8) is 0 Å². The molecule has 1 aliphatic heterocycles. The highest BCUT2D eigenvalue weighted by molar-refractivity contribution is 5.99.